The predicted molar refractivity (Wildman–Crippen MR) is 99.8 cm³/mol. The number of anilines is 2. The molecule has 1 aliphatic heterocycles. The van der Waals surface area contributed by atoms with E-state index in [4.69, 9.17) is 9.72 Å². The van der Waals surface area contributed by atoms with Crippen LogP contribution in [0.3, 0.4) is 0 Å². The van der Waals surface area contributed by atoms with E-state index < -0.39 is 0 Å². The molecule has 3 heterocycles. The largest absolute Gasteiger partial charge is 0.383 e. The molecule has 1 amide bonds. The van der Waals surface area contributed by atoms with Crippen LogP contribution in [-0.4, -0.2) is 51.5 Å². The molecular formula is C18H26N6O2. The Morgan fingerprint density at radius 3 is 2.69 bits per heavy atom. The Bertz CT molecular complexity index is 801. The number of aryl methyl sites for hydroxylation is 2. The second-order valence-corrected chi connectivity index (χ2v) is 6.87. The van der Waals surface area contributed by atoms with Crippen LogP contribution in [0.2, 0.25) is 0 Å². The molecule has 1 saturated heterocycles. The van der Waals surface area contributed by atoms with Crippen LogP contribution in [0, 0.1) is 13.8 Å². The van der Waals surface area contributed by atoms with Gasteiger partial charge in [-0.25, -0.2) is 4.68 Å². The average molecular weight is 358 g/mol. The molecule has 8 heteroatoms. The van der Waals surface area contributed by atoms with Crippen LogP contribution in [0.5, 0.6) is 0 Å². The fraction of sp³-hybridized carbons (Fsp3) is 0.556. The van der Waals surface area contributed by atoms with Gasteiger partial charge in [0.15, 0.2) is 0 Å². The van der Waals surface area contributed by atoms with Gasteiger partial charge in [0.05, 0.1) is 18.3 Å². The second-order valence-electron chi connectivity index (χ2n) is 6.87. The van der Waals surface area contributed by atoms with Crippen molar-refractivity contribution in [2.45, 2.75) is 52.6 Å². The first kappa shape index (κ1) is 18.3. The van der Waals surface area contributed by atoms with E-state index in [9.17, 15) is 4.79 Å². The molecule has 140 valence electrons. The fourth-order valence-corrected chi connectivity index (χ4v) is 3.57. The average Bonchev–Trinajstić information content (AvgIpc) is 3.09. The van der Waals surface area contributed by atoms with Gasteiger partial charge in [0.2, 0.25) is 5.91 Å². The summed E-state index contributed by atoms with van der Waals surface area (Å²) in [7, 11) is 1.71. The number of hydrogen-bond donors (Lipinski definition) is 1. The lowest BCUT2D eigenvalue weighted by atomic mass is 10.2. The Kier molecular flexibility index (Phi) is 5.22. The molecule has 0 radical (unpaired) electrons. The lowest BCUT2D eigenvalue weighted by Gasteiger charge is -2.29. The lowest BCUT2D eigenvalue weighted by Crippen LogP contribution is -2.38. The fourth-order valence-electron chi connectivity index (χ4n) is 3.57. The Morgan fingerprint density at radius 2 is 2.08 bits per heavy atom. The van der Waals surface area contributed by atoms with Gasteiger partial charge in [-0.2, -0.15) is 15.1 Å². The summed E-state index contributed by atoms with van der Waals surface area (Å²) in [6.45, 7) is 8.18. The minimum atomic E-state index is -0.170. The zero-order valence-corrected chi connectivity index (χ0v) is 16.0. The van der Waals surface area contributed by atoms with Crippen LogP contribution >= 0.6 is 0 Å². The minimum Gasteiger partial charge on any atom is -0.383 e. The minimum absolute atomic E-state index is 0.170. The molecule has 0 aliphatic carbocycles. The van der Waals surface area contributed by atoms with Gasteiger partial charge in [-0.15, -0.1) is 0 Å². The predicted octanol–water partition coefficient (Wildman–Crippen LogP) is 2.24. The van der Waals surface area contributed by atoms with Crippen LogP contribution in [0.4, 0.5) is 11.6 Å². The van der Waals surface area contributed by atoms with Gasteiger partial charge >= 0.3 is 0 Å². The molecule has 3 rings (SSSR count). The SMILES string of the molecule is COC[C@H]1CCC(C)N1c1cc(NC(C)=O)nc(-n2nc(C)cc2C)n1. The number of carbonyl (C=O) groups is 1. The summed E-state index contributed by atoms with van der Waals surface area (Å²) in [6.07, 6.45) is 2.12. The van der Waals surface area contributed by atoms with E-state index in [0.29, 0.717) is 24.4 Å². The summed E-state index contributed by atoms with van der Waals surface area (Å²) in [5, 5.41) is 7.26. The molecule has 1 aliphatic rings. The number of nitrogens with zero attached hydrogens (tertiary/aromatic N) is 5. The Morgan fingerprint density at radius 1 is 1.31 bits per heavy atom. The van der Waals surface area contributed by atoms with Crippen LogP contribution in [0.25, 0.3) is 5.95 Å². The first-order valence-electron chi connectivity index (χ1n) is 8.86. The molecule has 0 saturated carbocycles. The van der Waals surface area contributed by atoms with Crippen molar-refractivity contribution in [1.82, 2.24) is 19.7 Å². The first-order valence-corrected chi connectivity index (χ1v) is 8.86. The summed E-state index contributed by atoms with van der Waals surface area (Å²) < 4.78 is 7.09. The van der Waals surface area contributed by atoms with Gasteiger partial charge in [-0.3, -0.25) is 4.79 Å². The number of methoxy groups -OCH3 is 1. The topological polar surface area (TPSA) is 85.2 Å². The van der Waals surface area contributed by atoms with Crippen molar-refractivity contribution in [2.24, 2.45) is 0 Å². The number of amides is 1. The summed E-state index contributed by atoms with van der Waals surface area (Å²) in [5.74, 6) is 1.53. The van der Waals surface area contributed by atoms with E-state index in [1.807, 2.05) is 26.0 Å². The van der Waals surface area contributed by atoms with Crippen molar-refractivity contribution < 1.29 is 9.53 Å². The third kappa shape index (κ3) is 3.70. The van der Waals surface area contributed by atoms with Crippen molar-refractivity contribution in [1.29, 1.82) is 0 Å². The Hall–Kier alpha value is -2.48. The smallest absolute Gasteiger partial charge is 0.254 e. The van der Waals surface area contributed by atoms with Crippen molar-refractivity contribution in [3.63, 3.8) is 0 Å². The van der Waals surface area contributed by atoms with Gasteiger partial charge in [-0.1, -0.05) is 0 Å². The molecular weight excluding hydrogens is 332 g/mol. The quantitative estimate of drug-likeness (QED) is 0.882. The zero-order chi connectivity index (χ0) is 18.8. The van der Waals surface area contributed by atoms with Crippen molar-refractivity contribution >= 4 is 17.5 Å². The third-order valence-electron chi connectivity index (χ3n) is 4.61. The molecule has 0 aromatic carbocycles. The van der Waals surface area contributed by atoms with Crippen LogP contribution < -0.4 is 10.2 Å². The monoisotopic (exact) mass is 358 g/mol. The second kappa shape index (κ2) is 7.41. The summed E-state index contributed by atoms with van der Waals surface area (Å²) in [5.41, 5.74) is 1.83. The van der Waals surface area contributed by atoms with Crippen LogP contribution in [0.1, 0.15) is 38.1 Å². The van der Waals surface area contributed by atoms with Gasteiger partial charge in [-0.05, 0) is 39.7 Å². The highest BCUT2D eigenvalue weighted by molar-refractivity contribution is 5.88. The highest BCUT2D eigenvalue weighted by atomic mass is 16.5. The molecule has 1 fully saturated rings. The highest BCUT2D eigenvalue weighted by Gasteiger charge is 2.32. The molecule has 0 bridgehead atoms. The number of hydrogen-bond acceptors (Lipinski definition) is 6. The standard InChI is InChI=1S/C18H26N6O2/c1-11-8-13(3)24(22-11)18-20-16(19-14(4)25)9-17(21-18)23-12(2)6-7-15(23)10-26-5/h8-9,12,15H,6-7,10H2,1-5H3,(H,19,20,21,25)/t12?,15-/m1/s1. The third-order valence-corrected chi connectivity index (χ3v) is 4.61. The Labute approximate surface area is 153 Å². The molecule has 0 spiro atoms. The Balaban J connectivity index is 2.07. The maximum absolute atomic E-state index is 11.6. The molecule has 2 aromatic heterocycles. The number of rotatable bonds is 5. The van der Waals surface area contributed by atoms with Gasteiger partial charge in [0.25, 0.3) is 5.95 Å². The number of aromatic nitrogens is 4. The van der Waals surface area contributed by atoms with Crippen molar-refractivity contribution in [3.8, 4) is 5.95 Å². The van der Waals surface area contributed by atoms with E-state index in [0.717, 1.165) is 30.0 Å². The lowest BCUT2D eigenvalue weighted by molar-refractivity contribution is -0.114. The maximum atomic E-state index is 11.6. The normalized spacial score (nSPS) is 19.8. The van der Waals surface area contributed by atoms with E-state index >= 15 is 0 Å². The maximum Gasteiger partial charge on any atom is 0.254 e. The van der Waals surface area contributed by atoms with E-state index in [1.54, 1.807) is 11.8 Å². The van der Waals surface area contributed by atoms with Crippen molar-refractivity contribution in [2.75, 3.05) is 23.9 Å². The summed E-state index contributed by atoms with van der Waals surface area (Å²) in [4.78, 5) is 23.1. The summed E-state index contributed by atoms with van der Waals surface area (Å²) in [6, 6.07) is 4.38. The number of nitrogens with one attached hydrogen (secondary N) is 1. The van der Waals surface area contributed by atoms with Gasteiger partial charge in [0, 0.05) is 31.8 Å². The van der Waals surface area contributed by atoms with Gasteiger partial charge < -0.3 is 15.0 Å². The molecule has 2 aromatic rings. The summed E-state index contributed by atoms with van der Waals surface area (Å²) >= 11 is 0. The van der Waals surface area contributed by atoms with Crippen molar-refractivity contribution in [3.05, 3.63) is 23.5 Å². The molecule has 8 nitrogen and oxygen atoms in total. The van der Waals surface area contributed by atoms with Crippen LogP contribution in [0.15, 0.2) is 12.1 Å². The number of ether oxygens (including phenoxy) is 1. The molecule has 2 atom stereocenters. The molecule has 1 unspecified atom stereocenters. The molecule has 1 N–H and O–H groups in total. The van der Waals surface area contributed by atoms with Crippen LogP contribution in [-0.2, 0) is 9.53 Å². The molecule has 26 heavy (non-hydrogen) atoms. The van der Waals surface area contributed by atoms with E-state index in [-0.39, 0.29) is 11.9 Å². The number of carbonyl (C=O) groups excluding carboxylic acids is 1. The highest BCUT2D eigenvalue weighted by Crippen LogP contribution is 2.31. The zero-order valence-electron chi connectivity index (χ0n) is 16.0. The van der Waals surface area contributed by atoms with E-state index in [1.165, 1.54) is 6.92 Å². The first-order chi connectivity index (χ1) is 12.4. The van der Waals surface area contributed by atoms with E-state index in [2.05, 4.69) is 27.2 Å². The van der Waals surface area contributed by atoms with Gasteiger partial charge in [0.1, 0.15) is 11.6 Å².